The minimum atomic E-state index is -4.01. The standard InChI is InChI=1S/C26H35N7O7S/c1-15-10-33(16(2)13-34)25(35)20-9-19(30-41(37,38)23-12-31(5)14-27-23)7-8-21(20)39-22(15)11-32(6)26(36)28-24-17(3)29-40-18(24)4/h7-9,12,14-16,22,30,34H,10-11,13H2,1-6H3,(H,28,36)/t15-,16+,22+/m1/s1. The lowest BCUT2D eigenvalue weighted by Crippen LogP contribution is -2.50. The Morgan fingerprint density at radius 2 is 2.05 bits per heavy atom. The molecule has 0 saturated heterocycles. The number of anilines is 2. The van der Waals surface area contributed by atoms with E-state index in [2.05, 4.69) is 20.2 Å². The van der Waals surface area contributed by atoms with Crippen molar-refractivity contribution in [2.75, 3.05) is 36.8 Å². The Labute approximate surface area is 238 Å². The minimum absolute atomic E-state index is 0.117. The number of fused-ring (bicyclic) bond motifs is 1. The SMILES string of the molecule is Cc1noc(C)c1NC(=O)N(C)C[C@@H]1Oc2ccc(NS(=O)(=O)c3cn(C)cn3)cc2C(=O)N([C@@H](C)CO)C[C@H]1C. The molecule has 3 amide bonds. The molecular formula is C26H35N7O7S. The number of urea groups is 1. The maximum Gasteiger partial charge on any atom is 0.321 e. The summed E-state index contributed by atoms with van der Waals surface area (Å²) in [7, 11) is -0.735. The van der Waals surface area contributed by atoms with Crippen LogP contribution in [0.25, 0.3) is 0 Å². The summed E-state index contributed by atoms with van der Waals surface area (Å²) in [4.78, 5) is 33.5. The maximum absolute atomic E-state index is 13.7. The Bertz CT molecular complexity index is 1510. The molecule has 0 saturated carbocycles. The number of likely N-dealkylation sites (N-methyl/N-ethyl adjacent to an activating group) is 1. The highest BCUT2D eigenvalue weighted by Crippen LogP contribution is 2.31. The maximum atomic E-state index is 13.7. The van der Waals surface area contributed by atoms with Crippen molar-refractivity contribution in [3.8, 4) is 5.75 Å². The van der Waals surface area contributed by atoms with Crippen LogP contribution in [0, 0.1) is 19.8 Å². The van der Waals surface area contributed by atoms with Gasteiger partial charge in [0.2, 0.25) is 0 Å². The second-order valence-electron chi connectivity index (χ2n) is 10.3. The van der Waals surface area contributed by atoms with E-state index in [0.29, 0.717) is 17.1 Å². The first kappa shape index (κ1) is 29.9. The highest BCUT2D eigenvalue weighted by atomic mass is 32.2. The molecule has 3 heterocycles. The number of aryl methyl sites for hydroxylation is 3. The molecule has 0 unspecified atom stereocenters. The van der Waals surface area contributed by atoms with Gasteiger partial charge in [0.15, 0.2) is 10.8 Å². The fraction of sp³-hybridized carbons (Fsp3) is 0.462. The summed E-state index contributed by atoms with van der Waals surface area (Å²) in [6.07, 6.45) is 2.18. The third-order valence-corrected chi connectivity index (χ3v) is 8.21. The zero-order valence-electron chi connectivity index (χ0n) is 23.8. The average Bonchev–Trinajstić information content (AvgIpc) is 3.51. The number of ether oxygens (including phenoxy) is 1. The van der Waals surface area contributed by atoms with E-state index in [9.17, 15) is 23.1 Å². The van der Waals surface area contributed by atoms with E-state index in [1.54, 1.807) is 34.9 Å². The van der Waals surface area contributed by atoms with Crippen LogP contribution in [-0.2, 0) is 17.1 Å². The quantitative estimate of drug-likeness (QED) is 0.356. The van der Waals surface area contributed by atoms with E-state index in [1.807, 2.05) is 6.92 Å². The third kappa shape index (κ3) is 6.46. The third-order valence-electron chi connectivity index (χ3n) is 6.94. The number of rotatable bonds is 8. The van der Waals surface area contributed by atoms with Crippen LogP contribution in [0.1, 0.15) is 35.7 Å². The molecule has 15 heteroatoms. The number of hydrogen-bond acceptors (Lipinski definition) is 9. The predicted octanol–water partition coefficient (Wildman–Crippen LogP) is 2.21. The van der Waals surface area contributed by atoms with Crippen LogP contribution in [0.4, 0.5) is 16.2 Å². The molecule has 0 bridgehead atoms. The first-order valence-electron chi connectivity index (χ1n) is 13.0. The molecule has 1 aliphatic heterocycles. The first-order valence-corrected chi connectivity index (χ1v) is 14.5. The number of aliphatic hydroxyl groups excluding tert-OH is 1. The number of aromatic nitrogens is 3. The molecule has 41 heavy (non-hydrogen) atoms. The molecule has 1 aliphatic rings. The number of hydrogen-bond donors (Lipinski definition) is 3. The molecule has 1 aromatic carbocycles. The van der Waals surface area contributed by atoms with Gasteiger partial charge >= 0.3 is 6.03 Å². The summed E-state index contributed by atoms with van der Waals surface area (Å²) >= 11 is 0. The second kappa shape index (κ2) is 11.8. The summed E-state index contributed by atoms with van der Waals surface area (Å²) in [6.45, 7) is 7.17. The number of carbonyl (C=O) groups is 2. The zero-order valence-corrected chi connectivity index (χ0v) is 24.6. The molecule has 0 aliphatic carbocycles. The number of nitrogens with zero attached hydrogens (tertiary/aromatic N) is 5. The van der Waals surface area contributed by atoms with Gasteiger partial charge in [-0.15, -0.1) is 0 Å². The fourth-order valence-electron chi connectivity index (χ4n) is 4.46. The molecule has 14 nitrogen and oxygen atoms in total. The summed E-state index contributed by atoms with van der Waals surface area (Å²) < 4.78 is 41.1. The van der Waals surface area contributed by atoms with Crippen LogP contribution in [0.5, 0.6) is 5.75 Å². The van der Waals surface area contributed by atoms with Gasteiger partial charge in [-0.25, -0.2) is 9.78 Å². The Morgan fingerprint density at radius 3 is 2.66 bits per heavy atom. The van der Waals surface area contributed by atoms with Gasteiger partial charge in [0.25, 0.3) is 15.9 Å². The molecule has 0 radical (unpaired) electrons. The smallest absolute Gasteiger partial charge is 0.321 e. The van der Waals surface area contributed by atoms with Crippen LogP contribution >= 0.6 is 0 Å². The Kier molecular flexibility index (Phi) is 8.58. The largest absolute Gasteiger partial charge is 0.487 e. The number of carbonyl (C=O) groups excluding carboxylic acids is 2. The van der Waals surface area contributed by atoms with Gasteiger partial charge in [0.1, 0.15) is 23.2 Å². The van der Waals surface area contributed by atoms with E-state index in [1.165, 1.54) is 45.1 Å². The van der Waals surface area contributed by atoms with Gasteiger partial charge in [-0.2, -0.15) is 8.42 Å². The number of aliphatic hydroxyl groups is 1. The molecule has 222 valence electrons. The van der Waals surface area contributed by atoms with Crippen LogP contribution in [-0.4, -0.2) is 88.9 Å². The van der Waals surface area contributed by atoms with Gasteiger partial charge in [-0.05, 0) is 39.0 Å². The van der Waals surface area contributed by atoms with E-state index in [-0.39, 0.29) is 47.6 Å². The number of benzene rings is 1. The van der Waals surface area contributed by atoms with Gasteiger partial charge in [0, 0.05) is 38.4 Å². The lowest BCUT2D eigenvalue weighted by molar-refractivity contribution is 0.0371. The van der Waals surface area contributed by atoms with Crippen molar-refractivity contribution in [1.29, 1.82) is 0 Å². The molecular weight excluding hydrogens is 554 g/mol. The van der Waals surface area contributed by atoms with Crippen molar-refractivity contribution < 1.29 is 32.4 Å². The van der Waals surface area contributed by atoms with Crippen LogP contribution in [0.15, 0.2) is 40.3 Å². The molecule has 4 rings (SSSR count). The van der Waals surface area contributed by atoms with Crippen molar-refractivity contribution in [2.45, 2.75) is 44.9 Å². The molecule has 0 fully saturated rings. The number of amides is 3. The predicted molar refractivity (Wildman–Crippen MR) is 149 cm³/mol. The van der Waals surface area contributed by atoms with E-state index in [0.717, 1.165) is 0 Å². The lowest BCUT2D eigenvalue weighted by atomic mass is 9.99. The molecule has 3 aromatic rings. The summed E-state index contributed by atoms with van der Waals surface area (Å²) in [5.74, 6) is 0.0466. The molecule has 3 N–H and O–H groups in total. The topological polar surface area (TPSA) is 172 Å². The normalized spacial score (nSPS) is 18.1. The van der Waals surface area contributed by atoms with Gasteiger partial charge in [-0.3, -0.25) is 9.52 Å². The number of sulfonamides is 1. The zero-order chi connectivity index (χ0) is 30.1. The van der Waals surface area contributed by atoms with Crippen LogP contribution in [0.3, 0.4) is 0 Å². The van der Waals surface area contributed by atoms with Crippen molar-refractivity contribution in [3.63, 3.8) is 0 Å². The Balaban J connectivity index is 1.62. The highest BCUT2D eigenvalue weighted by molar-refractivity contribution is 7.92. The minimum Gasteiger partial charge on any atom is -0.487 e. The monoisotopic (exact) mass is 589 g/mol. The first-order chi connectivity index (χ1) is 19.3. The van der Waals surface area contributed by atoms with E-state index >= 15 is 0 Å². The van der Waals surface area contributed by atoms with E-state index in [4.69, 9.17) is 9.26 Å². The summed E-state index contributed by atoms with van der Waals surface area (Å²) in [6, 6.07) is 3.49. The van der Waals surface area contributed by atoms with Gasteiger partial charge in [-0.1, -0.05) is 12.1 Å². The van der Waals surface area contributed by atoms with Crippen LogP contribution < -0.4 is 14.8 Å². The van der Waals surface area contributed by atoms with Crippen LogP contribution in [0.2, 0.25) is 0 Å². The van der Waals surface area contributed by atoms with E-state index < -0.39 is 34.1 Å². The van der Waals surface area contributed by atoms with Crippen molar-refractivity contribution >= 4 is 33.3 Å². The number of imidazole rings is 1. The fourth-order valence-corrected chi connectivity index (χ4v) is 5.49. The van der Waals surface area contributed by atoms with Crippen molar-refractivity contribution in [1.82, 2.24) is 24.5 Å². The number of nitrogens with one attached hydrogen (secondary N) is 2. The summed E-state index contributed by atoms with van der Waals surface area (Å²) in [5, 5.41) is 16.4. The van der Waals surface area contributed by atoms with Gasteiger partial charge < -0.3 is 34.1 Å². The molecule has 0 spiro atoms. The average molecular weight is 590 g/mol. The Hall–Kier alpha value is -4.11. The Morgan fingerprint density at radius 1 is 1.32 bits per heavy atom. The van der Waals surface area contributed by atoms with Crippen molar-refractivity contribution in [3.05, 3.63) is 47.7 Å². The summed E-state index contributed by atoms with van der Waals surface area (Å²) in [5.41, 5.74) is 1.30. The second-order valence-corrected chi connectivity index (χ2v) is 12.0. The lowest BCUT2D eigenvalue weighted by Gasteiger charge is -2.38. The van der Waals surface area contributed by atoms with Gasteiger partial charge in [0.05, 0.1) is 31.1 Å². The molecule has 2 aromatic heterocycles. The highest BCUT2D eigenvalue weighted by Gasteiger charge is 2.34. The molecule has 3 atom stereocenters. The van der Waals surface area contributed by atoms with Crippen molar-refractivity contribution in [2.24, 2.45) is 13.0 Å².